The Hall–Kier alpha value is -1.05. The summed E-state index contributed by atoms with van der Waals surface area (Å²) in [5, 5.41) is 0. The summed E-state index contributed by atoms with van der Waals surface area (Å²) in [5.41, 5.74) is 2.36. The Labute approximate surface area is 84.5 Å². The van der Waals surface area contributed by atoms with Crippen LogP contribution in [0.1, 0.15) is 18.4 Å². The molecule has 1 heterocycles. The first-order valence-electron chi connectivity index (χ1n) is 5.14. The van der Waals surface area contributed by atoms with Crippen LogP contribution in [0.5, 0.6) is 0 Å². The molecule has 75 valence electrons. The van der Waals surface area contributed by atoms with E-state index in [0.29, 0.717) is 0 Å². The van der Waals surface area contributed by atoms with Crippen molar-refractivity contribution in [3.8, 4) is 0 Å². The summed E-state index contributed by atoms with van der Waals surface area (Å²) in [4.78, 5) is 2.32. The lowest BCUT2D eigenvalue weighted by Gasteiger charge is -2.18. The highest BCUT2D eigenvalue weighted by atomic mass is 19.1. The van der Waals surface area contributed by atoms with Gasteiger partial charge in [0, 0.05) is 18.8 Å². The summed E-state index contributed by atoms with van der Waals surface area (Å²) in [7, 11) is 0. The molecule has 0 unspecified atom stereocenters. The summed E-state index contributed by atoms with van der Waals surface area (Å²) in [6.07, 6.45) is 3.05. The number of unbranched alkanes of at least 4 members (excludes halogenated alkanes) is 1. The minimum atomic E-state index is -0.122. The molecule has 1 aliphatic heterocycles. The fourth-order valence-electron chi connectivity index (χ4n) is 1.97. The first kappa shape index (κ1) is 9.50. The van der Waals surface area contributed by atoms with Gasteiger partial charge in [0.2, 0.25) is 0 Å². The molecule has 0 aromatic heterocycles. The first-order valence-corrected chi connectivity index (χ1v) is 5.14. The SMILES string of the molecule is [CH2]CCCN1CCc2cc(F)ccc21. The maximum Gasteiger partial charge on any atom is 0.123 e. The molecule has 1 aliphatic rings. The fraction of sp³-hybridized carbons (Fsp3) is 0.417. The van der Waals surface area contributed by atoms with E-state index in [0.717, 1.165) is 37.9 Å². The average molecular weight is 192 g/mol. The normalized spacial score (nSPS) is 14.6. The minimum Gasteiger partial charge on any atom is -0.371 e. The lowest BCUT2D eigenvalue weighted by Crippen LogP contribution is -2.21. The molecule has 0 fully saturated rings. The quantitative estimate of drug-likeness (QED) is 0.711. The van der Waals surface area contributed by atoms with Gasteiger partial charge in [0.1, 0.15) is 5.82 Å². The minimum absolute atomic E-state index is 0.122. The van der Waals surface area contributed by atoms with Crippen LogP contribution in [0.2, 0.25) is 0 Å². The predicted octanol–water partition coefficient (Wildman–Crippen LogP) is 2.80. The third kappa shape index (κ3) is 1.74. The predicted molar refractivity (Wildman–Crippen MR) is 56.9 cm³/mol. The van der Waals surface area contributed by atoms with Crippen molar-refractivity contribution in [2.45, 2.75) is 19.3 Å². The topological polar surface area (TPSA) is 3.24 Å². The van der Waals surface area contributed by atoms with Gasteiger partial charge in [0.15, 0.2) is 0 Å². The third-order valence-electron chi connectivity index (χ3n) is 2.71. The molecule has 1 radical (unpaired) electrons. The number of benzene rings is 1. The Balaban J connectivity index is 2.14. The molecule has 0 saturated carbocycles. The highest BCUT2D eigenvalue weighted by Gasteiger charge is 2.18. The summed E-state index contributed by atoms with van der Waals surface area (Å²) >= 11 is 0. The number of rotatable bonds is 3. The number of fused-ring (bicyclic) bond motifs is 1. The van der Waals surface area contributed by atoms with Gasteiger partial charge in [-0.25, -0.2) is 4.39 Å². The molecule has 1 aromatic rings. The van der Waals surface area contributed by atoms with E-state index in [1.807, 2.05) is 6.07 Å². The standard InChI is InChI=1S/C12H15FN/c1-2-3-7-14-8-6-10-9-11(13)4-5-12(10)14/h4-5,9H,1-3,6-8H2. The van der Waals surface area contributed by atoms with Crippen LogP contribution >= 0.6 is 0 Å². The molecule has 0 bridgehead atoms. The van der Waals surface area contributed by atoms with Crippen LogP contribution in [0.4, 0.5) is 10.1 Å². The molecule has 1 nitrogen and oxygen atoms in total. The smallest absolute Gasteiger partial charge is 0.123 e. The molecule has 0 saturated heterocycles. The Kier molecular flexibility index (Phi) is 2.71. The van der Waals surface area contributed by atoms with Gasteiger partial charge in [0.25, 0.3) is 0 Å². The van der Waals surface area contributed by atoms with Crippen LogP contribution in [0.15, 0.2) is 18.2 Å². The van der Waals surface area contributed by atoms with Crippen molar-refractivity contribution in [3.05, 3.63) is 36.5 Å². The number of halogens is 1. The maximum absolute atomic E-state index is 12.9. The van der Waals surface area contributed by atoms with Crippen molar-refractivity contribution in [2.75, 3.05) is 18.0 Å². The molecular weight excluding hydrogens is 177 g/mol. The zero-order chi connectivity index (χ0) is 9.97. The van der Waals surface area contributed by atoms with E-state index >= 15 is 0 Å². The molecule has 1 aromatic carbocycles. The van der Waals surface area contributed by atoms with Crippen LogP contribution in [0.25, 0.3) is 0 Å². The van der Waals surface area contributed by atoms with Gasteiger partial charge in [-0.15, -0.1) is 0 Å². The molecule has 0 N–H and O–H groups in total. The molecule has 2 rings (SSSR count). The summed E-state index contributed by atoms with van der Waals surface area (Å²) in [6.45, 7) is 5.90. The zero-order valence-electron chi connectivity index (χ0n) is 8.30. The van der Waals surface area contributed by atoms with Gasteiger partial charge in [-0.3, -0.25) is 0 Å². The van der Waals surface area contributed by atoms with Crippen molar-refractivity contribution < 1.29 is 4.39 Å². The molecule has 0 amide bonds. The third-order valence-corrected chi connectivity index (χ3v) is 2.71. The highest BCUT2D eigenvalue weighted by Crippen LogP contribution is 2.28. The summed E-state index contributed by atoms with van der Waals surface area (Å²) in [6, 6.07) is 5.08. The van der Waals surface area contributed by atoms with Crippen LogP contribution in [-0.4, -0.2) is 13.1 Å². The van der Waals surface area contributed by atoms with Gasteiger partial charge in [-0.2, -0.15) is 0 Å². The number of nitrogens with zero attached hydrogens (tertiary/aromatic N) is 1. The van der Waals surface area contributed by atoms with Gasteiger partial charge >= 0.3 is 0 Å². The monoisotopic (exact) mass is 192 g/mol. The van der Waals surface area contributed by atoms with E-state index in [2.05, 4.69) is 11.8 Å². The van der Waals surface area contributed by atoms with Gasteiger partial charge in [0.05, 0.1) is 0 Å². The van der Waals surface area contributed by atoms with Crippen LogP contribution < -0.4 is 4.90 Å². The van der Waals surface area contributed by atoms with Crippen molar-refractivity contribution >= 4 is 5.69 Å². The Morgan fingerprint density at radius 2 is 2.29 bits per heavy atom. The van der Waals surface area contributed by atoms with Crippen LogP contribution in [0, 0.1) is 12.7 Å². The average Bonchev–Trinajstić information content (AvgIpc) is 2.57. The molecule has 14 heavy (non-hydrogen) atoms. The van der Waals surface area contributed by atoms with E-state index in [4.69, 9.17) is 0 Å². The van der Waals surface area contributed by atoms with E-state index < -0.39 is 0 Å². The second-order valence-corrected chi connectivity index (χ2v) is 3.72. The highest BCUT2D eigenvalue weighted by molar-refractivity contribution is 5.57. The van der Waals surface area contributed by atoms with E-state index in [1.54, 1.807) is 12.1 Å². The van der Waals surface area contributed by atoms with Crippen LogP contribution in [0.3, 0.4) is 0 Å². The zero-order valence-corrected chi connectivity index (χ0v) is 8.30. The van der Waals surface area contributed by atoms with Gasteiger partial charge in [-0.05, 0) is 36.6 Å². The number of anilines is 1. The number of hydrogen-bond acceptors (Lipinski definition) is 1. The number of hydrogen-bond donors (Lipinski definition) is 0. The van der Waals surface area contributed by atoms with Crippen molar-refractivity contribution in [1.82, 2.24) is 0 Å². The Morgan fingerprint density at radius 3 is 3.07 bits per heavy atom. The summed E-state index contributed by atoms with van der Waals surface area (Å²) < 4.78 is 12.9. The van der Waals surface area contributed by atoms with Gasteiger partial charge in [-0.1, -0.05) is 13.3 Å². The molecular formula is C12H15FN. The summed E-state index contributed by atoms with van der Waals surface area (Å²) in [5.74, 6) is -0.122. The van der Waals surface area contributed by atoms with E-state index in [-0.39, 0.29) is 5.82 Å². The largest absolute Gasteiger partial charge is 0.371 e. The first-order chi connectivity index (χ1) is 6.81. The van der Waals surface area contributed by atoms with Crippen LogP contribution in [-0.2, 0) is 6.42 Å². The molecule has 0 atom stereocenters. The Morgan fingerprint density at radius 1 is 1.43 bits per heavy atom. The fourth-order valence-corrected chi connectivity index (χ4v) is 1.97. The van der Waals surface area contributed by atoms with Gasteiger partial charge < -0.3 is 4.90 Å². The van der Waals surface area contributed by atoms with E-state index in [1.165, 1.54) is 5.69 Å². The van der Waals surface area contributed by atoms with E-state index in [9.17, 15) is 4.39 Å². The Bertz CT molecular complexity index is 322. The molecule has 0 aliphatic carbocycles. The molecule has 0 spiro atoms. The second-order valence-electron chi connectivity index (χ2n) is 3.72. The lowest BCUT2D eigenvalue weighted by molar-refractivity contribution is 0.626. The van der Waals surface area contributed by atoms with Crippen molar-refractivity contribution in [1.29, 1.82) is 0 Å². The molecule has 2 heteroatoms. The maximum atomic E-state index is 12.9. The second kappa shape index (κ2) is 3.99. The van der Waals surface area contributed by atoms with Crippen molar-refractivity contribution in [3.63, 3.8) is 0 Å². The lowest BCUT2D eigenvalue weighted by atomic mass is 10.1. The van der Waals surface area contributed by atoms with Crippen molar-refractivity contribution in [2.24, 2.45) is 0 Å².